The first kappa shape index (κ1) is 69.3. The molecule has 9 nitrogen and oxygen atoms in total. The third-order valence-corrected chi connectivity index (χ3v) is 23.6. The highest BCUT2D eigenvalue weighted by molar-refractivity contribution is 6.22. The predicted octanol–water partition coefficient (Wildman–Crippen LogP) is 28.4. The SMILES string of the molecule is c1ccc(-c2cccc(-n3c4ccccc4c4cc5c6ccccc6n(-c6cccc7cc(-c8nc(-c9ccccc9)cc(-c9ccccc9)n8)ccc67)c5cc43)c2)cc1.c1ccc(-c2cccc(-n3c4ccccc4c4cc5c6ccccc6n(-c6cccc7cc(-c8nc(-c9ccccc9)nc(-c9ccccc9)n8)ccc67)c5cc43)c2)cc1. The van der Waals surface area contributed by atoms with Crippen LogP contribution in [-0.4, -0.2) is 43.2 Å². The highest BCUT2D eigenvalue weighted by atomic mass is 15.0. The van der Waals surface area contributed by atoms with Crippen molar-refractivity contribution in [3.05, 3.63) is 431 Å². The van der Waals surface area contributed by atoms with E-state index in [9.17, 15) is 0 Å². The van der Waals surface area contributed by atoms with Crippen molar-refractivity contribution in [1.82, 2.24) is 43.2 Å². The first-order valence-corrected chi connectivity index (χ1v) is 40.7. The van der Waals surface area contributed by atoms with Crippen LogP contribution in [0.3, 0.4) is 0 Å². The summed E-state index contributed by atoms with van der Waals surface area (Å²) < 4.78 is 9.75. The summed E-state index contributed by atoms with van der Waals surface area (Å²) in [6.07, 6.45) is 0. The van der Waals surface area contributed by atoms with Gasteiger partial charge >= 0.3 is 0 Å². The van der Waals surface area contributed by atoms with Crippen LogP contribution < -0.4 is 0 Å². The van der Waals surface area contributed by atoms with Gasteiger partial charge in [-0.1, -0.05) is 328 Å². The molecule has 0 spiro atoms. The van der Waals surface area contributed by atoms with Crippen LogP contribution in [0.25, 0.3) is 222 Å². The number of hydrogen-bond acceptors (Lipinski definition) is 5. The van der Waals surface area contributed by atoms with E-state index in [0.29, 0.717) is 23.3 Å². The Balaban J connectivity index is 0.000000140. The summed E-state index contributed by atoms with van der Waals surface area (Å²) >= 11 is 0. The molecular formula is C111H71N9. The molecule has 6 aromatic heterocycles. The van der Waals surface area contributed by atoms with Gasteiger partial charge in [0, 0.05) is 98.6 Å². The number of nitrogens with zero attached hydrogens (tertiary/aromatic N) is 9. The molecule has 0 aliphatic carbocycles. The van der Waals surface area contributed by atoms with Crippen molar-refractivity contribution in [3.8, 4) is 113 Å². The molecule has 0 amide bonds. The van der Waals surface area contributed by atoms with E-state index in [1.54, 1.807) is 0 Å². The summed E-state index contributed by atoms with van der Waals surface area (Å²) in [6.45, 7) is 0. The van der Waals surface area contributed by atoms with E-state index >= 15 is 0 Å². The third kappa shape index (κ3) is 12.0. The van der Waals surface area contributed by atoms with Crippen LogP contribution >= 0.6 is 0 Å². The lowest BCUT2D eigenvalue weighted by Crippen LogP contribution is -2.00. The van der Waals surface area contributed by atoms with Gasteiger partial charge in [-0.25, -0.2) is 24.9 Å². The number of rotatable bonds is 12. The van der Waals surface area contributed by atoms with Gasteiger partial charge in [-0.2, -0.15) is 0 Å². The molecule has 0 N–H and O–H groups in total. The fourth-order valence-corrected chi connectivity index (χ4v) is 18.1. The monoisotopic (exact) mass is 1530 g/mol. The van der Waals surface area contributed by atoms with Gasteiger partial charge in [-0.15, -0.1) is 0 Å². The lowest BCUT2D eigenvalue weighted by molar-refractivity contribution is 1.07. The summed E-state index contributed by atoms with van der Waals surface area (Å²) in [4.78, 5) is 25.3. The van der Waals surface area contributed by atoms with E-state index in [4.69, 9.17) is 24.9 Å². The number of aromatic nitrogens is 9. The third-order valence-electron chi connectivity index (χ3n) is 23.6. The fraction of sp³-hybridized carbons (Fsp3) is 0. The zero-order chi connectivity index (χ0) is 79.1. The molecule has 0 saturated heterocycles. The molecule has 0 atom stereocenters. The van der Waals surface area contributed by atoms with Crippen LogP contribution in [0.4, 0.5) is 0 Å². The van der Waals surface area contributed by atoms with Gasteiger partial charge in [0.05, 0.1) is 66.9 Å². The minimum Gasteiger partial charge on any atom is -0.309 e. The van der Waals surface area contributed by atoms with Crippen LogP contribution in [0.1, 0.15) is 0 Å². The Bertz CT molecular complexity index is 7540. The Morgan fingerprint density at radius 3 is 0.808 bits per heavy atom. The molecular weight excluding hydrogens is 1460 g/mol. The van der Waals surface area contributed by atoms with E-state index in [1.807, 2.05) is 72.8 Å². The summed E-state index contributed by atoms with van der Waals surface area (Å²) in [5.41, 5.74) is 26.4. The van der Waals surface area contributed by atoms with Gasteiger partial charge in [0.25, 0.3) is 0 Å². The number of fused-ring (bicyclic) bond motifs is 14. The molecule has 0 bridgehead atoms. The van der Waals surface area contributed by atoms with Crippen LogP contribution in [0.2, 0.25) is 0 Å². The molecule has 0 radical (unpaired) electrons. The van der Waals surface area contributed by atoms with Crippen LogP contribution in [0.5, 0.6) is 0 Å². The molecule has 0 saturated carbocycles. The van der Waals surface area contributed by atoms with E-state index in [2.05, 4.69) is 376 Å². The predicted molar refractivity (Wildman–Crippen MR) is 498 cm³/mol. The zero-order valence-electron chi connectivity index (χ0n) is 65.0. The lowest BCUT2D eigenvalue weighted by Gasteiger charge is -2.14. The molecule has 18 aromatic carbocycles. The summed E-state index contributed by atoms with van der Waals surface area (Å²) in [5.74, 6) is 2.63. The van der Waals surface area contributed by atoms with Crippen molar-refractivity contribution in [2.45, 2.75) is 0 Å². The van der Waals surface area contributed by atoms with Gasteiger partial charge in [-0.3, -0.25) is 0 Å². The Labute approximate surface area is 691 Å². The van der Waals surface area contributed by atoms with Crippen molar-refractivity contribution in [1.29, 1.82) is 0 Å². The first-order chi connectivity index (χ1) is 59.5. The van der Waals surface area contributed by atoms with Crippen LogP contribution in [-0.2, 0) is 0 Å². The lowest BCUT2D eigenvalue weighted by atomic mass is 10.0. The molecule has 6 heterocycles. The fourth-order valence-electron chi connectivity index (χ4n) is 18.1. The second-order valence-electron chi connectivity index (χ2n) is 30.7. The standard InChI is InChI=1S/C56H36N4.C55H35N5/c1-4-16-37(17-5-1)40-22-14-24-43(33-40)59-52-27-12-10-25-45(52)47-34-48-46-26-11-13-28-53(46)60(55(48)36-54(47)59)51-29-15-23-41-32-42(30-31-44(41)51)56-57-49(38-18-6-2-7-19-38)35-50(58-56)39-20-8-3-9-21-39;1-4-16-36(17-5-1)39-22-14-24-42(33-39)59-49-27-12-10-25-44(49)46-34-47-45-26-11-13-28-50(45)60(52(47)35-51(46)59)48-29-15-23-40-32-41(30-31-43(40)48)55-57-53(37-18-6-2-7-19-37)56-54(58-55)38-20-8-3-9-21-38/h1-36H;1-35H. The average Bonchev–Trinajstić information content (AvgIpc) is 1.56. The minimum absolute atomic E-state index is 0.637. The molecule has 0 unspecified atom stereocenters. The second kappa shape index (κ2) is 28.9. The number of hydrogen-bond donors (Lipinski definition) is 0. The van der Waals surface area contributed by atoms with Gasteiger partial charge in [0.2, 0.25) is 0 Å². The first-order valence-electron chi connectivity index (χ1n) is 40.7. The highest BCUT2D eigenvalue weighted by Crippen LogP contribution is 2.45. The summed E-state index contributed by atoms with van der Waals surface area (Å²) in [7, 11) is 0. The van der Waals surface area contributed by atoms with Gasteiger partial charge in [0.1, 0.15) is 0 Å². The molecule has 0 aliphatic rings. The molecule has 0 fully saturated rings. The Hall–Kier alpha value is -16.2. The van der Waals surface area contributed by atoms with E-state index in [1.165, 1.54) is 92.9 Å². The van der Waals surface area contributed by atoms with E-state index < -0.39 is 0 Å². The normalized spacial score (nSPS) is 11.7. The maximum absolute atomic E-state index is 5.14. The zero-order valence-corrected chi connectivity index (χ0v) is 65.0. The van der Waals surface area contributed by atoms with E-state index in [0.717, 1.165) is 106 Å². The Morgan fingerprint density at radius 2 is 0.433 bits per heavy atom. The summed E-state index contributed by atoms with van der Waals surface area (Å²) in [5, 5.41) is 14.4. The van der Waals surface area contributed by atoms with Crippen molar-refractivity contribution in [3.63, 3.8) is 0 Å². The van der Waals surface area contributed by atoms with Gasteiger partial charge < -0.3 is 18.3 Å². The van der Waals surface area contributed by atoms with E-state index in [-0.39, 0.29) is 0 Å². The van der Waals surface area contributed by atoms with Gasteiger partial charge in [0.15, 0.2) is 23.3 Å². The molecule has 0 aliphatic heterocycles. The molecule has 120 heavy (non-hydrogen) atoms. The number of benzene rings is 18. The smallest absolute Gasteiger partial charge is 0.164 e. The van der Waals surface area contributed by atoms with Crippen LogP contribution in [0, 0.1) is 0 Å². The van der Waals surface area contributed by atoms with Crippen LogP contribution in [0.15, 0.2) is 431 Å². The maximum atomic E-state index is 5.14. The molecule has 24 rings (SSSR count). The van der Waals surface area contributed by atoms with Crippen molar-refractivity contribution >= 4 is 109 Å². The average molecular weight is 1530 g/mol. The van der Waals surface area contributed by atoms with Gasteiger partial charge in [-0.05, 0) is 136 Å². The highest BCUT2D eigenvalue weighted by Gasteiger charge is 2.24. The Kier molecular flexibility index (Phi) is 16.7. The summed E-state index contributed by atoms with van der Waals surface area (Å²) in [6, 6.07) is 153. The van der Waals surface area contributed by atoms with Crippen molar-refractivity contribution in [2.24, 2.45) is 0 Å². The van der Waals surface area contributed by atoms with Crippen molar-refractivity contribution in [2.75, 3.05) is 0 Å². The number of para-hydroxylation sites is 4. The Morgan fingerprint density at radius 1 is 0.142 bits per heavy atom. The largest absolute Gasteiger partial charge is 0.309 e. The topological polar surface area (TPSA) is 84.2 Å². The molecule has 560 valence electrons. The minimum atomic E-state index is 0.637. The molecule has 24 aromatic rings. The second-order valence-corrected chi connectivity index (χ2v) is 30.7. The maximum Gasteiger partial charge on any atom is 0.164 e. The molecule has 9 heteroatoms. The van der Waals surface area contributed by atoms with Crippen molar-refractivity contribution < 1.29 is 0 Å². The quantitative estimate of drug-likeness (QED) is 0.122.